The fraction of sp³-hybridized carbons (Fsp3) is 0.684. The van der Waals surface area contributed by atoms with Crippen LogP contribution in [-0.4, -0.2) is 30.6 Å². The molecule has 1 aliphatic carbocycles. The number of hydrogen-bond acceptors (Lipinski definition) is 2. The molecule has 0 amide bonds. The summed E-state index contributed by atoms with van der Waals surface area (Å²) in [7, 11) is 0. The third kappa shape index (κ3) is 4.08. The lowest BCUT2D eigenvalue weighted by atomic mass is 9.95. The van der Waals surface area contributed by atoms with E-state index in [0.717, 1.165) is 12.5 Å². The van der Waals surface area contributed by atoms with Crippen LogP contribution in [-0.2, 0) is 0 Å². The van der Waals surface area contributed by atoms with Crippen molar-refractivity contribution >= 4 is 0 Å². The first kappa shape index (κ1) is 15.1. The Hall–Kier alpha value is -0.860. The van der Waals surface area contributed by atoms with Gasteiger partial charge in [-0.1, -0.05) is 57.0 Å². The van der Waals surface area contributed by atoms with Crippen LogP contribution in [0.25, 0.3) is 0 Å². The molecule has 1 heterocycles. The van der Waals surface area contributed by atoms with Gasteiger partial charge in [0, 0.05) is 25.2 Å². The Kier molecular flexibility index (Phi) is 4.97. The van der Waals surface area contributed by atoms with Crippen LogP contribution >= 0.6 is 0 Å². The van der Waals surface area contributed by atoms with Gasteiger partial charge in [0.15, 0.2) is 0 Å². The zero-order chi connectivity index (χ0) is 14.7. The second-order valence-corrected chi connectivity index (χ2v) is 7.27. The van der Waals surface area contributed by atoms with Crippen LogP contribution in [0.3, 0.4) is 0 Å². The van der Waals surface area contributed by atoms with Gasteiger partial charge in [-0.05, 0) is 36.8 Å². The third-order valence-electron chi connectivity index (χ3n) is 5.19. The molecule has 3 rings (SSSR count). The number of nitrogens with one attached hydrogen (secondary N) is 1. The first-order valence-electron chi connectivity index (χ1n) is 8.76. The standard InChI is InChI=1S/C19H30N2/c1-15(2)18-14-21(12-6-7-16-10-11-16)19(13-20-18)17-8-4-3-5-9-17/h3-5,8-9,15-16,18-20H,6-7,10-14H2,1-2H3. The summed E-state index contributed by atoms with van der Waals surface area (Å²) in [4.78, 5) is 2.74. The Morgan fingerprint density at radius 1 is 1.19 bits per heavy atom. The first-order valence-corrected chi connectivity index (χ1v) is 8.76. The molecule has 1 aliphatic heterocycles. The van der Waals surface area contributed by atoms with Gasteiger partial charge in [0.25, 0.3) is 0 Å². The minimum Gasteiger partial charge on any atom is -0.311 e. The SMILES string of the molecule is CC(C)C1CN(CCCC2CC2)C(c2ccccc2)CN1. The van der Waals surface area contributed by atoms with Crippen molar-refractivity contribution in [2.75, 3.05) is 19.6 Å². The molecule has 2 atom stereocenters. The molecule has 0 aromatic heterocycles. The Morgan fingerprint density at radius 2 is 1.95 bits per heavy atom. The number of hydrogen-bond donors (Lipinski definition) is 1. The molecule has 1 saturated carbocycles. The highest BCUT2D eigenvalue weighted by Crippen LogP contribution is 2.34. The van der Waals surface area contributed by atoms with E-state index in [1.165, 1.54) is 44.3 Å². The van der Waals surface area contributed by atoms with Gasteiger partial charge < -0.3 is 5.32 Å². The zero-order valence-corrected chi connectivity index (χ0v) is 13.6. The van der Waals surface area contributed by atoms with Crippen molar-refractivity contribution in [2.24, 2.45) is 11.8 Å². The van der Waals surface area contributed by atoms with E-state index in [9.17, 15) is 0 Å². The second kappa shape index (κ2) is 6.93. The van der Waals surface area contributed by atoms with Crippen LogP contribution in [0.2, 0.25) is 0 Å². The average Bonchev–Trinajstić information content (AvgIpc) is 3.32. The highest BCUT2D eigenvalue weighted by molar-refractivity contribution is 5.20. The summed E-state index contributed by atoms with van der Waals surface area (Å²) in [6.45, 7) is 8.23. The molecular weight excluding hydrogens is 256 g/mol. The number of piperazine rings is 1. The lowest BCUT2D eigenvalue weighted by Crippen LogP contribution is -2.54. The molecule has 21 heavy (non-hydrogen) atoms. The summed E-state index contributed by atoms with van der Waals surface area (Å²) in [5.74, 6) is 1.77. The quantitative estimate of drug-likeness (QED) is 0.854. The molecule has 2 unspecified atom stereocenters. The molecule has 116 valence electrons. The highest BCUT2D eigenvalue weighted by Gasteiger charge is 2.30. The molecular formula is C19H30N2. The molecule has 1 aromatic rings. The third-order valence-corrected chi connectivity index (χ3v) is 5.19. The summed E-state index contributed by atoms with van der Waals surface area (Å²) in [6, 6.07) is 12.2. The van der Waals surface area contributed by atoms with Crippen LogP contribution in [0.15, 0.2) is 30.3 Å². The summed E-state index contributed by atoms with van der Waals surface area (Å²) in [5.41, 5.74) is 1.47. The van der Waals surface area contributed by atoms with Crippen LogP contribution in [0.5, 0.6) is 0 Å². The van der Waals surface area contributed by atoms with Crippen LogP contribution in [0.1, 0.15) is 51.1 Å². The fourth-order valence-electron chi connectivity index (χ4n) is 3.52. The Morgan fingerprint density at radius 3 is 2.62 bits per heavy atom. The molecule has 1 saturated heterocycles. The van der Waals surface area contributed by atoms with E-state index in [2.05, 4.69) is 54.4 Å². The normalized spacial score (nSPS) is 27.2. The number of benzene rings is 1. The largest absolute Gasteiger partial charge is 0.311 e. The summed E-state index contributed by atoms with van der Waals surface area (Å²) in [5, 5.41) is 3.77. The van der Waals surface area contributed by atoms with E-state index in [0.29, 0.717) is 18.0 Å². The second-order valence-electron chi connectivity index (χ2n) is 7.27. The van der Waals surface area contributed by atoms with E-state index in [4.69, 9.17) is 0 Å². The van der Waals surface area contributed by atoms with Gasteiger partial charge in [-0.2, -0.15) is 0 Å². The summed E-state index contributed by atoms with van der Waals surface area (Å²) in [6.07, 6.45) is 5.78. The number of rotatable bonds is 6. The Balaban J connectivity index is 1.64. The van der Waals surface area contributed by atoms with E-state index < -0.39 is 0 Å². The van der Waals surface area contributed by atoms with Gasteiger partial charge in [0.1, 0.15) is 0 Å². The molecule has 2 nitrogen and oxygen atoms in total. The van der Waals surface area contributed by atoms with Crippen LogP contribution in [0, 0.1) is 11.8 Å². The van der Waals surface area contributed by atoms with E-state index in [1.807, 2.05) is 0 Å². The van der Waals surface area contributed by atoms with Crippen molar-refractivity contribution in [3.8, 4) is 0 Å². The zero-order valence-electron chi connectivity index (χ0n) is 13.6. The summed E-state index contributed by atoms with van der Waals surface area (Å²) >= 11 is 0. The Labute approximate surface area is 129 Å². The van der Waals surface area contributed by atoms with Crippen LogP contribution < -0.4 is 5.32 Å². The van der Waals surface area contributed by atoms with Gasteiger partial charge in [-0.15, -0.1) is 0 Å². The predicted molar refractivity (Wildman–Crippen MR) is 89.3 cm³/mol. The van der Waals surface area contributed by atoms with E-state index in [1.54, 1.807) is 0 Å². The predicted octanol–water partition coefficient (Wildman–Crippen LogP) is 3.85. The van der Waals surface area contributed by atoms with Crippen molar-refractivity contribution < 1.29 is 0 Å². The molecule has 2 aliphatic rings. The first-order chi connectivity index (χ1) is 10.2. The fourth-order valence-corrected chi connectivity index (χ4v) is 3.52. The molecule has 0 bridgehead atoms. The van der Waals surface area contributed by atoms with Gasteiger partial charge in [0.05, 0.1) is 0 Å². The van der Waals surface area contributed by atoms with Crippen molar-refractivity contribution in [3.05, 3.63) is 35.9 Å². The maximum atomic E-state index is 3.77. The van der Waals surface area contributed by atoms with Gasteiger partial charge in [0.2, 0.25) is 0 Å². The Bertz CT molecular complexity index is 424. The maximum absolute atomic E-state index is 3.77. The van der Waals surface area contributed by atoms with Crippen molar-refractivity contribution in [1.82, 2.24) is 10.2 Å². The summed E-state index contributed by atoms with van der Waals surface area (Å²) < 4.78 is 0. The molecule has 0 spiro atoms. The van der Waals surface area contributed by atoms with Gasteiger partial charge in [-0.25, -0.2) is 0 Å². The monoisotopic (exact) mass is 286 g/mol. The maximum Gasteiger partial charge on any atom is 0.0473 e. The van der Waals surface area contributed by atoms with Crippen molar-refractivity contribution in [3.63, 3.8) is 0 Å². The number of nitrogens with zero attached hydrogens (tertiary/aromatic N) is 1. The van der Waals surface area contributed by atoms with E-state index in [-0.39, 0.29) is 0 Å². The minimum absolute atomic E-state index is 0.556. The highest BCUT2D eigenvalue weighted by atomic mass is 15.2. The van der Waals surface area contributed by atoms with Gasteiger partial charge in [-0.3, -0.25) is 4.90 Å². The lowest BCUT2D eigenvalue weighted by molar-refractivity contribution is 0.111. The smallest absolute Gasteiger partial charge is 0.0473 e. The topological polar surface area (TPSA) is 15.3 Å². The molecule has 0 radical (unpaired) electrons. The van der Waals surface area contributed by atoms with Gasteiger partial charge >= 0.3 is 0 Å². The molecule has 1 aromatic carbocycles. The lowest BCUT2D eigenvalue weighted by Gasteiger charge is -2.42. The van der Waals surface area contributed by atoms with Crippen LogP contribution in [0.4, 0.5) is 0 Å². The van der Waals surface area contributed by atoms with Crippen molar-refractivity contribution in [1.29, 1.82) is 0 Å². The van der Waals surface area contributed by atoms with Crippen molar-refractivity contribution in [2.45, 2.75) is 51.6 Å². The average molecular weight is 286 g/mol. The van der Waals surface area contributed by atoms with E-state index >= 15 is 0 Å². The minimum atomic E-state index is 0.556. The molecule has 1 N–H and O–H groups in total. The molecule has 2 heteroatoms. The molecule has 2 fully saturated rings.